The summed E-state index contributed by atoms with van der Waals surface area (Å²) >= 11 is 0. The minimum atomic E-state index is -8.92. The molecule has 1 aromatic rings. The fraction of sp³-hybridized carbons (Fsp3) is 0.714. The van der Waals surface area contributed by atoms with Crippen molar-refractivity contribution in [2.24, 2.45) is 0 Å². The Hall–Kier alpha value is -2.10. The molecule has 0 unspecified atom stereocenters. The Morgan fingerprint density at radius 2 is 0.860 bits per heavy atom. The van der Waals surface area contributed by atoms with Crippen LogP contribution < -0.4 is 0 Å². The molecule has 1 aromatic carbocycles. The van der Waals surface area contributed by atoms with E-state index in [-0.39, 0.29) is 0 Å². The quantitative estimate of drug-likeness (QED) is 0.129. The number of hydrogen-bond acceptors (Lipinski definition) is 3. The normalized spacial score (nSPS) is 15.2. The third-order valence-electron chi connectivity index (χ3n) is 6.38. The second-order valence-electron chi connectivity index (χ2n) is 8.85. The Morgan fingerprint density at radius 1 is 0.558 bits per heavy atom. The van der Waals surface area contributed by atoms with Gasteiger partial charge in [-0.3, -0.25) is 0 Å². The third-order valence-corrected chi connectivity index (χ3v) is 7.26. The number of alkyl halides is 17. The zero-order valence-corrected chi connectivity index (χ0v) is 22.5. The number of hydrogen-bond donors (Lipinski definition) is 0. The summed E-state index contributed by atoms with van der Waals surface area (Å²) in [6, 6.07) is 10.8. The Morgan fingerprint density at radius 3 is 1.14 bits per heavy atom. The number of halogens is 17. The summed E-state index contributed by atoms with van der Waals surface area (Å²) in [6.07, 6.45) is -7.89. The van der Waals surface area contributed by atoms with Crippen LogP contribution >= 0.6 is 0 Å². The molecule has 22 heteroatoms. The highest BCUT2D eigenvalue weighted by molar-refractivity contribution is 7.86. The van der Waals surface area contributed by atoms with Crippen molar-refractivity contribution < 1.29 is 92.1 Å². The number of benzene rings is 1. The Balaban J connectivity index is 0.00000104. The summed E-state index contributed by atoms with van der Waals surface area (Å²) in [5.74, 6) is -52.1. The fourth-order valence-corrected chi connectivity index (χ4v) is 3.73. The highest BCUT2D eigenvalue weighted by atomic mass is 32.2. The van der Waals surface area contributed by atoms with E-state index in [4.69, 9.17) is 0 Å². The zero-order chi connectivity index (χ0) is 34.9. The average Bonchev–Trinajstić information content (AvgIpc) is 2.86. The molecule has 0 heterocycles. The monoisotopic (exact) mass is 691 g/mol. The van der Waals surface area contributed by atoms with Gasteiger partial charge in [-0.1, -0.05) is 30.3 Å². The van der Waals surface area contributed by atoms with Crippen LogP contribution in [-0.4, -0.2) is 84.1 Å². The highest BCUT2D eigenvalue weighted by Crippen LogP contribution is 2.64. The van der Waals surface area contributed by atoms with Crippen LogP contribution in [0.4, 0.5) is 74.6 Å². The second kappa shape index (κ2) is 12.4. The molecule has 0 aromatic heterocycles. The lowest BCUT2D eigenvalue weighted by Crippen LogP contribution is -2.75. The largest absolute Gasteiger partial charge is 0.743 e. The summed E-state index contributed by atoms with van der Waals surface area (Å²) in [6.45, 7) is 11.7. The number of nitrogens with zero attached hydrogens (tertiary/aromatic N) is 1. The summed E-state index contributed by atoms with van der Waals surface area (Å²) < 4.78 is 245. The maximum absolute atomic E-state index is 13.0. The van der Waals surface area contributed by atoms with Gasteiger partial charge in [0.05, 0.1) is 19.6 Å². The van der Waals surface area contributed by atoms with Gasteiger partial charge in [0.15, 0.2) is 10.1 Å². The van der Waals surface area contributed by atoms with Crippen LogP contribution in [-0.2, 0) is 16.7 Å². The molecule has 0 bridgehead atoms. The van der Waals surface area contributed by atoms with Crippen LogP contribution in [0.5, 0.6) is 0 Å². The first-order valence-electron chi connectivity index (χ1n) is 11.3. The van der Waals surface area contributed by atoms with Crippen molar-refractivity contribution in [3.05, 3.63) is 35.9 Å². The van der Waals surface area contributed by atoms with E-state index < -0.39 is 57.1 Å². The average molecular weight is 691 g/mol. The van der Waals surface area contributed by atoms with E-state index in [9.17, 15) is 87.6 Å². The Kier molecular flexibility index (Phi) is 11.8. The predicted molar refractivity (Wildman–Crippen MR) is 112 cm³/mol. The van der Waals surface area contributed by atoms with Crippen LogP contribution in [0, 0.1) is 0 Å². The van der Waals surface area contributed by atoms with Gasteiger partial charge in [-0.2, -0.15) is 74.6 Å². The van der Waals surface area contributed by atoms with E-state index in [1.54, 1.807) is 0 Å². The molecule has 4 nitrogen and oxygen atoms in total. The van der Waals surface area contributed by atoms with E-state index in [1.165, 1.54) is 36.2 Å². The lowest BCUT2D eigenvalue weighted by atomic mass is 9.91. The Labute approximate surface area is 232 Å². The molecule has 0 amide bonds. The molecule has 0 radical (unpaired) electrons. The van der Waals surface area contributed by atoms with Gasteiger partial charge in [0, 0.05) is 5.56 Å². The topological polar surface area (TPSA) is 57.2 Å². The number of quaternary nitrogens is 1. The molecule has 0 aliphatic heterocycles. The first kappa shape index (κ1) is 40.9. The van der Waals surface area contributed by atoms with Gasteiger partial charge in [-0.15, -0.1) is 0 Å². The molecule has 0 saturated heterocycles. The maximum atomic E-state index is 13.0. The van der Waals surface area contributed by atoms with Crippen molar-refractivity contribution >= 4 is 10.1 Å². The van der Waals surface area contributed by atoms with Crippen molar-refractivity contribution in [1.82, 2.24) is 0 Å². The number of rotatable bonds is 12. The highest BCUT2D eigenvalue weighted by Gasteiger charge is 2.95. The molecular weight excluding hydrogens is 669 g/mol. The fourth-order valence-electron chi connectivity index (χ4n) is 3.28. The van der Waals surface area contributed by atoms with Crippen molar-refractivity contribution in [2.75, 3.05) is 19.6 Å². The van der Waals surface area contributed by atoms with E-state index in [1.807, 2.05) is 0 Å². The smallest absolute Gasteiger partial charge is 0.460 e. The van der Waals surface area contributed by atoms with E-state index >= 15 is 0 Å². The molecule has 0 aliphatic rings. The molecule has 254 valence electrons. The van der Waals surface area contributed by atoms with Crippen molar-refractivity contribution in [3.8, 4) is 0 Å². The zero-order valence-electron chi connectivity index (χ0n) is 21.7. The summed E-state index contributed by atoms with van der Waals surface area (Å²) in [7, 11) is -8.14. The second-order valence-corrected chi connectivity index (χ2v) is 10.3. The first-order valence-corrected chi connectivity index (χ1v) is 12.7. The molecular formula is C21H22F17NO3S. The predicted octanol–water partition coefficient (Wildman–Crippen LogP) is 7.56. The van der Waals surface area contributed by atoms with Gasteiger partial charge in [-0.05, 0) is 20.8 Å². The summed E-state index contributed by atoms with van der Waals surface area (Å²) in [5.41, 5.74) is 1.46. The standard InChI is InChI=1S/C13H22N.C8HF17O3S/c1-4-14(5-2,6-3)12-13-10-8-7-9-11-13;9-1(10,3(13,14)5(17,18)7(21,22)23)2(11,12)4(15,16)6(19,20)8(24,25)29(26,27)28/h7-11H,4-6,12H2,1-3H3;(H,26,27,28)/q+1;/p-1. The van der Waals surface area contributed by atoms with Crippen LogP contribution in [0.1, 0.15) is 26.3 Å². The molecule has 1 rings (SSSR count). The SMILES string of the molecule is CC[N+](CC)(CC)Cc1ccccc1.O=S(=O)([O-])C(F)(F)C(F)(F)C(F)(F)C(F)(F)C(F)(F)C(F)(F)C(F)(F)C(F)(F)F. The first-order chi connectivity index (χ1) is 18.8. The van der Waals surface area contributed by atoms with Crippen LogP contribution in [0.25, 0.3) is 0 Å². The molecule has 43 heavy (non-hydrogen) atoms. The molecule has 0 N–H and O–H groups in total. The molecule has 0 fully saturated rings. The summed E-state index contributed by atoms with van der Waals surface area (Å²) in [5, 5.41) is -7.95. The summed E-state index contributed by atoms with van der Waals surface area (Å²) in [4.78, 5) is 0. The lowest BCUT2D eigenvalue weighted by molar-refractivity contribution is -0.936. The van der Waals surface area contributed by atoms with Gasteiger partial charge in [-0.25, -0.2) is 8.42 Å². The minimum absolute atomic E-state index is 1.17. The lowest BCUT2D eigenvalue weighted by Gasteiger charge is -2.42. The van der Waals surface area contributed by atoms with Crippen molar-refractivity contribution in [3.63, 3.8) is 0 Å². The van der Waals surface area contributed by atoms with Crippen LogP contribution in [0.15, 0.2) is 30.3 Å². The molecule has 0 atom stereocenters. The van der Waals surface area contributed by atoms with Crippen LogP contribution in [0.3, 0.4) is 0 Å². The third kappa shape index (κ3) is 6.79. The molecule has 0 spiro atoms. The van der Waals surface area contributed by atoms with E-state index in [2.05, 4.69) is 51.1 Å². The van der Waals surface area contributed by atoms with Crippen molar-refractivity contribution in [2.45, 2.75) is 74.3 Å². The van der Waals surface area contributed by atoms with Gasteiger partial charge in [0.2, 0.25) is 0 Å². The van der Waals surface area contributed by atoms with Gasteiger partial charge in [0.1, 0.15) is 6.54 Å². The van der Waals surface area contributed by atoms with Crippen LogP contribution in [0.2, 0.25) is 0 Å². The Bertz CT molecular complexity index is 1160. The molecule has 0 saturated carbocycles. The van der Waals surface area contributed by atoms with E-state index in [0.29, 0.717) is 0 Å². The molecule has 0 aliphatic carbocycles. The van der Waals surface area contributed by atoms with E-state index in [0.717, 1.165) is 0 Å². The van der Waals surface area contributed by atoms with Gasteiger partial charge in [0.25, 0.3) is 0 Å². The van der Waals surface area contributed by atoms with Gasteiger partial charge < -0.3 is 9.04 Å². The minimum Gasteiger partial charge on any atom is -0.743 e. The van der Waals surface area contributed by atoms with Gasteiger partial charge >= 0.3 is 47.0 Å². The van der Waals surface area contributed by atoms with Crippen molar-refractivity contribution in [1.29, 1.82) is 0 Å². The maximum Gasteiger partial charge on any atom is 0.460 e.